The molecular formula is C17H14FN5O2. The average molecular weight is 339 g/mol. The molecule has 0 saturated carbocycles. The number of aromatic nitrogens is 2. The van der Waals surface area contributed by atoms with Gasteiger partial charge in [0.1, 0.15) is 23.6 Å². The first kappa shape index (κ1) is 17.5. The zero-order valence-corrected chi connectivity index (χ0v) is 12.9. The van der Waals surface area contributed by atoms with E-state index in [0.717, 1.165) is 6.08 Å². The molecule has 0 bridgehead atoms. The van der Waals surface area contributed by atoms with Crippen molar-refractivity contribution in [2.24, 2.45) is 4.99 Å². The number of nitrogens with zero attached hydrogens (tertiary/aromatic N) is 4. The van der Waals surface area contributed by atoms with Gasteiger partial charge in [0.2, 0.25) is 0 Å². The smallest absolute Gasteiger partial charge is 0.274 e. The van der Waals surface area contributed by atoms with Crippen molar-refractivity contribution in [3.8, 4) is 17.6 Å². The second-order valence-corrected chi connectivity index (χ2v) is 4.62. The van der Waals surface area contributed by atoms with Crippen LogP contribution in [0.25, 0.3) is 0 Å². The maximum Gasteiger partial charge on any atom is 0.274 e. The molecule has 25 heavy (non-hydrogen) atoms. The summed E-state index contributed by atoms with van der Waals surface area (Å²) >= 11 is 0. The highest BCUT2D eigenvalue weighted by molar-refractivity contribution is 6.04. The first-order valence-electron chi connectivity index (χ1n) is 6.84. The summed E-state index contributed by atoms with van der Waals surface area (Å²) in [6, 6.07) is 6.35. The number of aliphatic imine (C=N–C) groups is 1. The van der Waals surface area contributed by atoms with Gasteiger partial charge in [-0.3, -0.25) is 9.79 Å². The third kappa shape index (κ3) is 5.07. The van der Waals surface area contributed by atoms with Crippen LogP contribution in [-0.2, 0) is 4.79 Å². The third-order valence-electron chi connectivity index (χ3n) is 2.76. The summed E-state index contributed by atoms with van der Waals surface area (Å²) in [7, 11) is 0. The molecule has 0 saturated heterocycles. The fourth-order valence-corrected chi connectivity index (χ4v) is 1.80. The van der Waals surface area contributed by atoms with Gasteiger partial charge in [-0.25, -0.2) is 14.4 Å². The van der Waals surface area contributed by atoms with Crippen LogP contribution in [0.4, 0.5) is 10.1 Å². The highest BCUT2D eigenvalue weighted by atomic mass is 19.1. The Hall–Kier alpha value is -3.86. The van der Waals surface area contributed by atoms with Crippen LogP contribution in [0.2, 0.25) is 0 Å². The maximum absolute atomic E-state index is 12.8. The van der Waals surface area contributed by atoms with E-state index in [1.807, 2.05) is 6.07 Å². The fraction of sp³-hybridized carbons (Fsp3) is 0. The number of hydrogen-bond donors (Lipinski definition) is 1. The Morgan fingerprint density at radius 1 is 1.36 bits per heavy atom. The Balaban J connectivity index is 0.00000338. The first-order valence-corrected chi connectivity index (χ1v) is 6.84. The number of carbonyl (C=O) groups is 1. The maximum atomic E-state index is 12.8. The number of ether oxygens (including phenoxy) is 1. The summed E-state index contributed by atoms with van der Waals surface area (Å²) in [5, 5.41) is 11.6. The van der Waals surface area contributed by atoms with Crippen molar-refractivity contribution in [2.45, 2.75) is 0 Å². The van der Waals surface area contributed by atoms with Crippen molar-refractivity contribution in [3.63, 3.8) is 0 Å². The lowest BCUT2D eigenvalue weighted by molar-refractivity contribution is -0.112. The SMILES string of the molecule is C=N/C(=C\C(=C)F)C(=O)Nc1cc(C#N)cc(Oc2cncnc2)c1.[HH]. The lowest BCUT2D eigenvalue weighted by Crippen LogP contribution is -2.13. The number of halogens is 1. The molecule has 0 aliphatic rings. The second-order valence-electron chi connectivity index (χ2n) is 4.62. The van der Waals surface area contributed by atoms with Crippen LogP contribution in [-0.4, -0.2) is 22.6 Å². The van der Waals surface area contributed by atoms with Gasteiger partial charge in [-0.2, -0.15) is 5.26 Å². The van der Waals surface area contributed by atoms with Crippen molar-refractivity contribution in [3.05, 3.63) is 66.7 Å². The number of nitriles is 1. The van der Waals surface area contributed by atoms with Gasteiger partial charge in [0.25, 0.3) is 5.91 Å². The molecule has 2 aromatic rings. The molecule has 126 valence electrons. The molecule has 0 radical (unpaired) electrons. The molecule has 0 aliphatic carbocycles. The first-order chi connectivity index (χ1) is 12.0. The molecule has 1 heterocycles. The molecule has 0 aliphatic heterocycles. The van der Waals surface area contributed by atoms with Crippen LogP contribution >= 0.6 is 0 Å². The zero-order valence-electron chi connectivity index (χ0n) is 12.9. The number of nitrogens with one attached hydrogen (secondary N) is 1. The average Bonchev–Trinajstić information content (AvgIpc) is 2.60. The van der Waals surface area contributed by atoms with Crippen molar-refractivity contribution >= 4 is 18.3 Å². The van der Waals surface area contributed by atoms with Crippen LogP contribution < -0.4 is 10.1 Å². The van der Waals surface area contributed by atoms with E-state index in [9.17, 15) is 9.18 Å². The van der Waals surface area contributed by atoms with E-state index < -0.39 is 11.7 Å². The zero-order chi connectivity index (χ0) is 18.2. The van der Waals surface area contributed by atoms with Gasteiger partial charge in [0.05, 0.1) is 24.0 Å². The van der Waals surface area contributed by atoms with E-state index in [2.05, 4.69) is 33.6 Å². The van der Waals surface area contributed by atoms with E-state index >= 15 is 0 Å². The van der Waals surface area contributed by atoms with Crippen LogP contribution in [0.1, 0.15) is 6.99 Å². The molecule has 7 nitrogen and oxygen atoms in total. The molecule has 0 spiro atoms. The lowest BCUT2D eigenvalue weighted by atomic mass is 10.2. The number of allylic oxidation sites excluding steroid dienone is 2. The van der Waals surface area contributed by atoms with Crippen LogP contribution in [0.15, 0.2) is 66.1 Å². The number of rotatable bonds is 6. The van der Waals surface area contributed by atoms with Gasteiger partial charge in [-0.05, 0) is 18.9 Å². The predicted molar refractivity (Wildman–Crippen MR) is 91.9 cm³/mol. The number of hydrogen-bond acceptors (Lipinski definition) is 6. The molecule has 1 N–H and O–H groups in total. The quantitative estimate of drug-likeness (QED) is 0.494. The molecule has 8 heteroatoms. The van der Waals surface area contributed by atoms with E-state index in [1.165, 1.54) is 36.9 Å². The van der Waals surface area contributed by atoms with Gasteiger partial charge < -0.3 is 10.1 Å². The van der Waals surface area contributed by atoms with E-state index in [1.54, 1.807) is 0 Å². The van der Waals surface area contributed by atoms with Crippen molar-refractivity contribution < 1.29 is 15.3 Å². The Kier molecular flexibility index (Phi) is 5.68. The van der Waals surface area contributed by atoms with Gasteiger partial charge in [0.15, 0.2) is 5.75 Å². The third-order valence-corrected chi connectivity index (χ3v) is 2.76. The van der Waals surface area contributed by atoms with Gasteiger partial charge in [-0.1, -0.05) is 6.58 Å². The summed E-state index contributed by atoms with van der Waals surface area (Å²) in [6.45, 7) is 6.24. The summed E-state index contributed by atoms with van der Waals surface area (Å²) in [5.74, 6) is -0.901. The molecule has 0 atom stereocenters. The number of amides is 1. The highest BCUT2D eigenvalue weighted by Crippen LogP contribution is 2.25. The Morgan fingerprint density at radius 2 is 2.08 bits per heavy atom. The monoisotopic (exact) mass is 339 g/mol. The number of carbonyl (C=O) groups excluding carboxylic acids is 1. The van der Waals surface area contributed by atoms with Crippen molar-refractivity contribution in [1.29, 1.82) is 5.26 Å². The minimum atomic E-state index is -0.837. The van der Waals surface area contributed by atoms with Gasteiger partial charge in [-0.15, -0.1) is 0 Å². The predicted octanol–water partition coefficient (Wildman–Crippen LogP) is 3.39. The normalized spacial score (nSPS) is 10.5. The van der Waals surface area contributed by atoms with Crippen LogP contribution in [0.3, 0.4) is 0 Å². The topological polar surface area (TPSA) is 100 Å². The molecule has 1 aromatic carbocycles. The van der Waals surface area contributed by atoms with Crippen molar-refractivity contribution in [1.82, 2.24) is 9.97 Å². The van der Waals surface area contributed by atoms with E-state index in [0.29, 0.717) is 5.75 Å². The van der Waals surface area contributed by atoms with E-state index in [-0.39, 0.29) is 24.1 Å². The minimum Gasteiger partial charge on any atom is -0.454 e. The summed E-state index contributed by atoms with van der Waals surface area (Å²) in [5.41, 5.74) is 0.250. The Labute approximate surface area is 144 Å². The summed E-state index contributed by atoms with van der Waals surface area (Å²) in [6.07, 6.45) is 5.08. The molecule has 1 amide bonds. The minimum absolute atomic E-state index is 0. The van der Waals surface area contributed by atoms with Gasteiger partial charge in [0, 0.05) is 19.3 Å². The fourth-order valence-electron chi connectivity index (χ4n) is 1.80. The molecule has 0 unspecified atom stereocenters. The Bertz CT molecular complexity index is 894. The molecule has 0 fully saturated rings. The van der Waals surface area contributed by atoms with Crippen molar-refractivity contribution in [2.75, 3.05) is 5.32 Å². The molecule has 1 aromatic heterocycles. The molecule has 2 rings (SSSR count). The molecular weight excluding hydrogens is 325 g/mol. The largest absolute Gasteiger partial charge is 0.454 e. The summed E-state index contributed by atoms with van der Waals surface area (Å²) in [4.78, 5) is 23.2. The summed E-state index contributed by atoms with van der Waals surface area (Å²) < 4.78 is 18.4. The van der Waals surface area contributed by atoms with Gasteiger partial charge >= 0.3 is 0 Å². The van der Waals surface area contributed by atoms with Crippen LogP contribution in [0.5, 0.6) is 11.5 Å². The standard InChI is InChI=1S/C17H12FN5O2.H2/c1-11(18)3-16(20-2)17(24)23-13-4-12(7-19)5-14(6-13)25-15-8-21-10-22-9-15;/h3-6,8-10H,1-2H2,(H,23,24);1H/b16-3-;. The number of benzene rings is 1. The number of anilines is 1. The van der Waals surface area contributed by atoms with E-state index in [4.69, 9.17) is 10.00 Å². The second kappa shape index (κ2) is 8.12. The van der Waals surface area contributed by atoms with Crippen LogP contribution in [0, 0.1) is 11.3 Å². The highest BCUT2D eigenvalue weighted by Gasteiger charge is 2.11. The Morgan fingerprint density at radius 3 is 2.68 bits per heavy atom. The lowest BCUT2D eigenvalue weighted by Gasteiger charge is -2.09.